The Morgan fingerprint density at radius 3 is 2.27 bits per heavy atom. The lowest BCUT2D eigenvalue weighted by Crippen LogP contribution is -2.39. The van der Waals surface area contributed by atoms with Crippen molar-refractivity contribution in [2.24, 2.45) is 11.8 Å². The Kier molecular flexibility index (Phi) is 6.84. The molecule has 0 aliphatic carbocycles. The molecule has 3 heteroatoms. The van der Waals surface area contributed by atoms with Crippen LogP contribution in [-0.2, 0) is 0 Å². The molecule has 0 aliphatic heterocycles. The summed E-state index contributed by atoms with van der Waals surface area (Å²) in [7, 11) is 0. The monoisotopic (exact) mass is 212 g/mol. The number of nitrogens with zero attached hydrogens (tertiary/aromatic N) is 1. The molecule has 0 aromatic heterocycles. The number of nitrogens with one attached hydrogen (secondary N) is 1. The molecule has 0 aromatic rings. The maximum atomic E-state index is 11.7. The number of carbonyl (C=O) groups is 1. The lowest BCUT2D eigenvalue weighted by atomic mass is 10.2. The predicted molar refractivity (Wildman–Crippen MR) is 64.6 cm³/mol. The van der Waals surface area contributed by atoms with Crippen LogP contribution in [0.3, 0.4) is 0 Å². The molecule has 0 atom stereocenters. The molecule has 0 aliphatic rings. The van der Waals surface area contributed by atoms with Crippen LogP contribution in [0.25, 0.3) is 0 Å². The molecule has 0 aromatic carbocycles. The van der Waals surface area contributed by atoms with Gasteiger partial charge in [-0.2, -0.15) is 0 Å². The third-order valence-electron chi connectivity index (χ3n) is 1.81. The molecule has 88 valence electrons. The number of hydrogen-bond acceptors (Lipinski definition) is 1. The first-order chi connectivity index (χ1) is 6.97. The molecule has 0 saturated carbocycles. The molecule has 0 saturated heterocycles. The molecule has 0 unspecified atom stereocenters. The van der Waals surface area contributed by atoms with E-state index in [1.807, 2.05) is 19.2 Å². The average molecular weight is 212 g/mol. The zero-order chi connectivity index (χ0) is 11.8. The predicted octanol–water partition coefficient (Wildman–Crippen LogP) is 2.84. The van der Waals surface area contributed by atoms with E-state index in [2.05, 4.69) is 33.0 Å². The number of hydrogen-bond donors (Lipinski definition) is 1. The highest BCUT2D eigenvalue weighted by Crippen LogP contribution is 2.00. The van der Waals surface area contributed by atoms with E-state index >= 15 is 0 Å². The van der Waals surface area contributed by atoms with Gasteiger partial charge in [0.15, 0.2) is 0 Å². The summed E-state index contributed by atoms with van der Waals surface area (Å²) >= 11 is 0. The number of urea groups is 1. The van der Waals surface area contributed by atoms with Gasteiger partial charge in [0.2, 0.25) is 0 Å². The van der Waals surface area contributed by atoms with E-state index in [0.29, 0.717) is 11.8 Å². The minimum Gasteiger partial charge on any atom is -0.337 e. The molecule has 15 heavy (non-hydrogen) atoms. The van der Waals surface area contributed by atoms with Crippen molar-refractivity contribution in [2.75, 3.05) is 13.1 Å². The second-order valence-electron chi connectivity index (χ2n) is 4.61. The van der Waals surface area contributed by atoms with Crippen molar-refractivity contribution in [1.29, 1.82) is 0 Å². The maximum Gasteiger partial charge on any atom is 0.321 e. The summed E-state index contributed by atoms with van der Waals surface area (Å²) in [5, 5.41) is 2.91. The number of rotatable bonds is 5. The van der Waals surface area contributed by atoms with Crippen molar-refractivity contribution in [1.82, 2.24) is 10.2 Å². The van der Waals surface area contributed by atoms with Crippen LogP contribution in [-0.4, -0.2) is 24.0 Å². The lowest BCUT2D eigenvalue weighted by molar-refractivity contribution is 0.209. The summed E-state index contributed by atoms with van der Waals surface area (Å²) in [5.41, 5.74) is 0. The van der Waals surface area contributed by atoms with E-state index in [1.165, 1.54) is 0 Å². The molecule has 0 rings (SSSR count). The molecule has 0 fully saturated rings. The third-order valence-corrected chi connectivity index (χ3v) is 1.81. The first-order valence-electron chi connectivity index (χ1n) is 5.64. The zero-order valence-corrected chi connectivity index (χ0v) is 10.6. The molecule has 3 nitrogen and oxygen atoms in total. The molecular formula is C12H24N2O. The van der Waals surface area contributed by atoms with Gasteiger partial charge in [-0.05, 0) is 18.8 Å². The van der Waals surface area contributed by atoms with E-state index in [4.69, 9.17) is 0 Å². The van der Waals surface area contributed by atoms with Crippen LogP contribution in [0, 0.1) is 11.8 Å². The summed E-state index contributed by atoms with van der Waals surface area (Å²) in [6.07, 6.45) is 3.72. The summed E-state index contributed by atoms with van der Waals surface area (Å²) in [5.74, 6) is 0.964. The minimum atomic E-state index is -0.00417. The lowest BCUT2D eigenvalue weighted by Gasteiger charge is -2.21. The van der Waals surface area contributed by atoms with Gasteiger partial charge in [0.05, 0.1) is 0 Å². The summed E-state index contributed by atoms with van der Waals surface area (Å²) in [4.78, 5) is 13.5. The van der Waals surface area contributed by atoms with Crippen LogP contribution in [0.5, 0.6) is 0 Å². The molecule has 2 amide bonds. The van der Waals surface area contributed by atoms with Crippen molar-refractivity contribution in [3.05, 3.63) is 12.3 Å². The normalized spacial score (nSPS) is 11.4. The number of allylic oxidation sites excluding steroid dienone is 1. The average Bonchev–Trinajstić information content (AvgIpc) is 2.12. The van der Waals surface area contributed by atoms with Crippen molar-refractivity contribution in [2.45, 2.75) is 34.6 Å². The van der Waals surface area contributed by atoms with Crippen molar-refractivity contribution >= 4 is 6.03 Å². The third kappa shape index (κ3) is 7.00. The zero-order valence-electron chi connectivity index (χ0n) is 10.6. The van der Waals surface area contributed by atoms with Gasteiger partial charge in [0.25, 0.3) is 0 Å². The van der Waals surface area contributed by atoms with Crippen LogP contribution in [0.2, 0.25) is 0 Å². The van der Waals surface area contributed by atoms with Gasteiger partial charge in [0, 0.05) is 19.3 Å². The Bertz CT molecular complexity index is 210. The van der Waals surface area contributed by atoms with Crippen LogP contribution < -0.4 is 5.32 Å². The van der Waals surface area contributed by atoms with Gasteiger partial charge in [-0.3, -0.25) is 0 Å². The van der Waals surface area contributed by atoms with E-state index < -0.39 is 0 Å². The van der Waals surface area contributed by atoms with E-state index in [9.17, 15) is 4.79 Å². The van der Waals surface area contributed by atoms with Gasteiger partial charge in [-0.15, -0.1) is 0 Å². The second kappa shape index (κ2) is 7.32. The van der Waals surface area contributed by atoms with Gasteiger partial charge in [-0.25, -0.2) is 4.79 Å². The van der Waals surface area contributed by atoms with Gasteiger partial charge in [-0.1, -0.05) is 33.8 Å². The Morgan fingerprint density at radius 2 is 1.87 bits per heavy atom. The molecule has 0 heterocycles. The van der Waals surface area contributed by atoms with E-state index in [-0.39, 0.29) is 6.03 Å². The van der Waals surface area contributed by atoms with Crippen molar-refractivity contribution < 1.29 is 4.79 Å². The largest absolute Gasteiger partial charge is 0.337 e. The van der Waals surface area contributed by atoms with Crippen LogP contribution in [0.15, 0.2) is 12.3 Å². The summed E-state index contributed by atoms with van der Waals surface area (Å²) in [6.45, 7) is 11.8. The number of amides is 2. The highest BCUT2D eigenvalue weighted by atomic mass is 16.2. The quantitative estimate of drug-likeness (QED) is 0.746. The molecule has 0 spiro atoms. The van der Waals surface area contributed by atoms with E-state index in [0.717, 1.165) is 13.1 Å². The SMILES string of the molecule is CC=CN(CC(C)C)C(=O)NCC(C)C. The van der Waals surface area contributed by atoms with Gasteiger partial charge >= 0.3 is 6.03 Å². The number of carbonyl (C=O) groups excluding carboxylic acids is 1. The Labute approximate surface area is 93.5 Å². The Balaban J connectivity index is 4.16. The van der Waals surface area contributed by atoms with Crippen molar-refractivity contribution in [3.63, 3.8) is 0 Å². The fraction of sp³-hybridized carbons (Fsp3) is 0.750. The summed E-state index contributed by atoms with van der Waals surface area (Å²) in [6, 6.07) is -0.00417. The fourth-order valence-corrected chi connectivity index (χ4v) is 1.18. The van der Waals surface area contributed by atoms with Crippen LogP contribution >= 0.6 is 0 Å². The highest BCUT2D eigenvalue weighted by molar-refractivity contribution is 5.75. The molecule has 0 bridgehead atoms. The summed E-state index contributed by atoms with van der Waals surface area (Å²) < 4.78 is 0. The molecule has 0 radical (unpaired) electrons. The second-order valence-corrected chi connectivity index (χ2v) is 4.61. The smallest absolute Gasteiger partial charge is 0.321 e. The van der Waals surface area contributed by atoms with Gasteiger partial charge < -0.3 is 10.2 Å². The van der Waals surface area contributed by atoms with E-state index in [1.54, 1.807) is 4.90 Å². The van der Waals surface area contributed by atoms with Crippen LogP contribution in [0.4, 0.5) is 4.79 Å². The molecule has 1 N–H and O–H groups in total. The van der Waals surface area contributed by atoms with Crippen LogP contribution in [0.1, 0.15) is 34.6 Å². The fourth-order valence-electron chi connectivity index (χ4n) is 1.18. The topological polar surface area (TPSA) is 32.3 Å². The highest BCUT2D eigenvalue weighted by Gasteiger charge is 2.11. The minimum absolute atomic E-state index is 0.00417. The maximum absolute atomic E-state index is 11.7. The molecular weight excluding hydrogens is 188 g/mol. The first kappa shape index (κ1) is 14.0. The standard InChI is InChI=1S/C12H24N2O/c1-6-7-14(9-11(4)5)12(15)13-8-10(2)3/h6-7,10-11H,8-9H2,1-5H3,(H,13,15). The first-order valence-corrected chi connectivity index (χ1v) is 5.64. The van der Waals surface area contributed by atoms with Crippen molar-refractivity contribution in [3.8, 4) is 0 Å². The Morgan fingerprint density at radius 1 is 1.27 bits per heavy atom. The van der Waals surface area contributed by atoms with Gasteiger partial charge in [0.1, 0.15) is 0 Å². The Hall–Kier alpha value is -0.990.